The second-order valence-electron chi connectivity index (χ2n) is 4.20. The van der Waals surface area contributed by atoms with Crippen LogP contribution in [0.2, 0.25) is 0 Å². The highest BCUT2D eigenvalue weighted by molar-refractivity contribution is 5.84. The molecule has 1 aromatic carbocycles. The first-order valence-electron chi connectivity index (χ1n) is 5.82. The van der Waals surface area contributed by atoms with Gasteiger partial charge in [-0.15, -0.1) is 0 Å². The van der Waals surface area contributed by atoms with Gasteiger partial charge in [0.2, 0.25) is 0 Å². The van der Waals surface area contributed by atoms with Crippen LogP contribution in [0.5, 0.6) is 11.5 Å². The SMILES string of the molecule is COc1cc2ccc(C(C)C(=O)O)nc2cc1OC. The molecule has 1 atom stereocenters. The van der Waals surface area contributed by atoms with Crippen LogP contribution in [0.15, 0.2) is 24.3 Å². The van der Waals surface area contributed by atoms with E-state index in [-0.39, 0.29) is 0 Å². The molecule has 0 bridgehead atoms. The monoisotopic (exact) mass is 261 g/mol. The third-order valence-electron chi connectivity index (χ3n) is 3.03. The zero-order valence-electron chi connectivity index (χ0n) is 11.0. The highest BCUT2D eigenvalue weighted by atomic mass is 16.5. The lowest BCUT2D eigenvalue weighted by atomic mass is 10.1. The van der Waals surface area contributed by atoms with Crippen molar-refractivity contribution in [1.82, 2.24) is 4.98 Å². The Morgan fingerprint density at radius 1 is 1.21 bits per heavy atom. The predicted octanol–water partition coefficient (Wildman–Crippen LogP) is 2.44. The highest BCUT2D eigenvalue weighted by Crippen LogP contribution is 2.32. The molecule has 0 aliphatic carbocycles. The number of hydrogen-bond donors (Lipinski definition) is 1. The lowest BCUT2D eigenvalue weighted by Gasteiger charge is -2.11. The molecule has 2 aromatic rings. The number of aliphatic carboxylic acids is 1. The van der Waals surface area contributed by atoms with Gasteiger partial charge in [-0.3, -0.25) is 9.78 Å². The number of fused-ring (bicyclic) bond motifs is 1. The van der Waals surface area contributed by atoms with Gasteiger partial charge in [0.1, 0.15) is 0 Å². The molecule has 0 spiro atoms. The smallest absolute Gasteiger partial charge is 0.312 e. The Morgan fingerprint density at radius 2 is 1.84 bits per heavy atom. The lowest BCUT2D eigenvalue weighted by molar-refractivity contribution is -0.138. The molecule has 5 heteroatoms. The Morgan fingerprint density at radius 3 is 2.42 bits per heavy atom. The molecule has 0 saturated heterocycles. The van der Waals surface area contributed by atoms with E-state index in [9.17, 15) is 4.79 Å². The van der Waals surface area contributed by atoms with Crippen LogP contribution in [-0.2, 0) is 4.79 Å². The molecule has 2 rings (SSSR count). The maximum Gasteiger partial charge on any atom is 0.312 e. The summed E-state index contributed by atoms with van der Waals surface area (Å²) in [5, 5.41) is 9.88. The first-order chi connectivity index (χ1) is 9.06. The Kier molecular flexibility index (Phi) is 3.55. The van der Waals surface area contributed by atoms with Crippen molar-refractivity contribution >= 4 is 16.9 Å². The highest BCUT2D eigenvalue weighted by Gasteiger charge is 2.16. The van der Waals surface area contributed by atoms with Crippen molar-refractivity contribution in [3.05, 3.63) is 30.0 Å². The number of carboxylic acid groups (broad SMARTS) is 1. The summed E-state index contributed by atoms with van der Waals surface area (Å²) in [6.45, 7) is 1.61. The minimum Gasteiger partial charge on any atom is -0.493 e. The van der Waals surface area contributed by atoms with Crippen molar-refractivity contribution in [1.29, 1.82) is 0 Å². The number of carboxylic acids is 1. The molecule has 1 N–H and O–H groups in total. The van der Waals surface area contributed by atoms with Gasteiger partial charge in [-0.05, 0) is 19.1 Å². The van der Waals surface area contributed by atoms with E-state index in [1.54, 1.807) is 33.3 Å². The fourth-order valence-electron chi connectivity index (χ4n) is 1.83. The first kappa shape index (κ1) is 13.1. The van der Waals surface area contributed by atoms with E-state index in [2.05, 4.69) is 4.98 Å². The second-order valence-corrected chi connectivity index (χ2v) is 4.20. The number of methoxy groups -OCH3 is 2. The summed E-state index contributed by atoms with van der Waals surface area (Å²) in [5.74, 6) is -0.344. The molecule has 1 aromatic heterocycles. The van der Waals surface area contributed by atoms with Crippen molar-refractivity contribution in [2.45, 2.75) is 12.8 Å². The molecule has 0 radical (unpaired) electrons. The summed E-state index contributed by atoms with van der Waals surface area (Å²) in [5.41, 5.74) is 1.20. The number of rotatable bonds is 4. The maximum absolute atomic E-state index is 11.0. The number of pyridine rings is 1. The van der Waals surface area contributed by atoms with E-state index in [1.807, 2.05) is 12.1 Å². The Bertz CT molecular complexity index is 624. The minimum atomic E-state index is -0.896. The van der Waals surface area contributed by atoms with Gasteiger partial charge in [0.05, 0.1) is 31.3 Å². The lowest BCUT2D eigenvalue weighted by Crippen LogP contribution is -2.09. The van der Waals surface area contributed by atoms with Crippen molar-refractivity contribution in [3.63, 3.8) is 0 Å². The van der Waals surface area contributed by atoms with E-state index in [0.717, 1.165) is 5.39 Å². The van der Waals surface area contributed by atoms with E-state index in [4.69, 9.17) is 14.6 Å². The van der Waals surface area contributed by atoms with Gasteiger partial charge < -0.3 is 14.6 Å². The summed E-state index contributed by atoms with van der Waals surface area (Å²) >= 11 is 0. The van der Waals surface area contributed by atoms with Crippen molar-refractivity contribution in [3.8, 4) is 11.5 Å². The third kappa shape index (κ3) is 2.45. The molecule has 1 heterocycles. The van der Waals surface area contributed by atoms with Crippen LogP contribution < -0.4 is 9.47 Å². The van der Waals surface area contributed by atoms with Crippen LogP contribution in [0.4, 0.5) is 0 Å². The van der Waals surface area contributed by atoms with Gasteiger partial charge in [-0.25, -0.2) is 0 Å². The number of carbonyl (C=O) groups is 1. The summed E-state index contributed by atoms with van der Waals surface area (Å²) < 4.78 is 10.4. The molecular formula is C14H15NO4. The van der Waals surface area contributed by atoms with Crippen LogP contribution in [-0.4, -0.2) is 30.3 Å². The Labute approximate surface area is 110 Å². The molecule has 19 heavy (non-hydrogen) atoms. The van der Waals surface area contributed by atoms with Crippen LogP contribution in [0.1, 0.15) is 18.5 Å². The number of hydrogen-bond acceptors (Lipinski definition) is 4. The molecule has 0 aliphatic rings. The fourth-order valence-corrected chi connectivity index (χ4v) is 1.83. The number of benzene rings is 1. The zero-order chi connectivity index (χ0) is 14.0. The van der Waals surface area contributed by atoms with E-state index < -0.39 is 11.9 Å². The third-order valence-corrected chi connectivity index (χ3v) is 3.03. The van der Waals surface area contributed by atoms with Crippen LogP contribution in [0.25, 0.3) is 10.9 Å². The quantitative estimate of drug-likeness (QED) is 0.915. The van der Waals surface area contributed by atoms with Crippen LogP contribution in [0.3, 0.4) is 0 Å². The molecule has 100 valence electrons. The average Bonchev–Trinajstić information content (AvgIpc) is 2.44. The first-order valence-corrected chi connectivity index (χ1v) is 5.82. The Balaban J connectivity index is 2.56. The normalized spacial score (nSPS) is 12.2. The maximum atomic E-state index is 11.0. The number of aromatic nitrogens is 1. The molecule has 5 nitrogen and oxygen atoms in total. The summed E-state index contributed by atoms with van der Waals surface area (Å²) in [6, 6.07) is 7.11. The van der Waals surface area contributed by atoms with E-state index in [0.29, 0.717) is 22.7 Å². The van der Waals surface area contributed by atoms with Crippen molar-refractivity contribution < 1.29 is 19.4 Å². The molecular weight excluding hydrogens is 246 g/mol. The van der Waals surface area contributed by atoms with Gasteiger partial charge in [-0.2, -0.15) is 0 Å². The Hall–Kier alpha value is -2.30. The predicted molar refractivity (Wildman–Crippen MR) is 70.9 cm³/mol. The van der Waals surface area contributed by atoms with Gasteiger partial charge in [-0.1, -0.05) is 6.07 Å². The minimum absolute atomic E-state index is 0.521. The van der Waals surface area contributed by atoms with E-state index in [1.165, 1.54) is 0 Å². The summed E-state index contributed by atoms with van der Waals surface area (Å²) in [7, 11) is 3.12. The van der Waals surface area contributed by atoms with Crippen LogP contribution in [0, 0.1) is 0 Å². The molecule has 0 amide bonds. The fraction of sp³-hybridized carbons (Fsp3) is 0.286. The number of nitrogens with zero attached hydrogens (tertiary/aromatic N) is 1. The summed E-state index contributed by atoms with van der Waals surface area (Å²) in [6.07, 6.45) is 0. The van der Waals surface area contributed by atoms with Gasteiger partial charge in [0, 0.05) is 11.5 Å². The largest absolute Gasteiger partial charge is 0.493 e. The second kappa shape index (κ2) is 5.14. The van der Waals surface area contributed by atoms with Crippen molar-refractivity contribution in [2.24, 2.45) is 0 Å². The van der Waals surface area contributed by atoms with E-state index >= 15 is 0 Å². The zero-order valence-corrected chi connectivity index (χ0v) is 11.0. The van der Waals surface area contributed by atoms with Gasteiger partial charge in [0.25, 0.3) is 0 Å². The molecule has 0 saturated carbocycles. The van der Waals surface area contributed by atoms with Gasteiger partial charge >= 0.3 is 5.97 Å². The van der Waals surface area contributed by atoms with Crippen molar-refractivity contribution in [2.75, 3.05) is 14.2 Å². The summed E-state index contributed by atoms with van der Waals surface area (Å²) in [4.78, 5) is 15.3. The topological polar surface area (TPSA) is 68.7 Å². The average molecular weight is 261 g/mol. The molecule has 0 aliphatic heterocycles. The van der Waals surface area contributed by atoms with Crippen LogP contribution >= 0.6 is 0 Å². The standard InChI is InChI=1S/C14H15NO4/c1-8(14(16)17)10-5-4-9-6-12(18-2)13(19-3)7-11(9)15-10/h4-8H,1-3H3,(H,16,17). The molecule has 1 unspecified atom stereocenters. The molecule has 0 fully saturated rings. The van der Waals surface area contributed by atoms with Gasteiger partial charge in [0.15, 0.2) is 11.5 Å². The number of ether oxygens (including phenoxy) is 2.